The van der Waals surface area contributed by atoms with Crippen LogP contribution in [0.5, 0.6) is 23.0 Å². The molecule has 6 aromatic rings. The molecule has 6 heterocycles. The molecule has 23 nitrogen and oxygen atoms in total. The lowest BCUT2D eigenvalue weighted by Crippen LogP contribution is -2.37. The number of nitrogens with two attached hydrogens (primary N) is 1. The number of thiophene rings is 2. The number of alkyl halides is 1. The van der Waals surface area contributed by atoms with Crippen molar-refractivity contribution in [2.75, 3.05) is 206 Å². The van der Waals surface area contributed by atoms with Crippen molar-refractivity contribution in [3.8, 4) is 23.0 Å². The lowest BCUT2D eigenvalue weighted by molar-refractivity contribution is -0.385. The fourth-order valence-electron chi connectivity index (χ4n) is 8.42. The molecule has 0 spiro atoms. The van der Waals surface area contributed by atoms with Crippen LogP contribution in [0.25, 0.3) is 0 Å². The summed E-state index contributed by atoms with van der Waals surface area (Å²) < 4.78 is 22.2. The minimum Gasteiger partial charge on any atom is -0.490 e. The van der Waals surface area contributed by atoms with Crippen molar-refractivity contribution >= 4 is 133 Å². The number of rotatable bonds is 17. The lowest BCUT2D eigenvalue weighted by atomic mass is 10.1. The summed E-state index contributed by atoms with van der Waals surface area (Å²) in [5.74, 6) is 3.75. The molecule has 93 heavy (non-hydrogen) atoms. The van der Waals surface area contributed by atoms with Gasteiger partial charge < -0.3 is 79.9 Å². The van der Waals surface area contributed by atoms with E-state index >= 15 is 0 Å². The minimum atomic E-state index is -0.432. The first-order valence-electron chi connectivity index (χ1n) is 29.8. The van der Waals surface area contributed by atoms with Gasteiger partial charge in [0.1, 0.15) is 54.5 Å². The van der Waals surface area contributed by atoms with Gasteiger partial charge in [0.25, 0.3) is 11.4 Å². The van der Waals surface area contributed by atoms with Gasteiger partial charge in [0.15, 0.2) is 0 Å². The number of hydrogen-bond acceptors (Lipinski definition) is 24. The molecular weight excluding hydrogens is 1400 g/mol. The predicted molar refractivity (Wildman–Crippen MR) is 403 cm³/mol. The van der Waals surface area contributed by atoms with Crippen LogP contribution in [0.2, 0.25) is 0 Å². The smallest absolute Gasteiger partial charge is 0.273 e. The third-order valence-corrected chi connectivity index (χ3v) is 15.8. The number of non-ortho nitro benzene ring substituents is 2. The number of thioether (sulfide) groups is 1. The molecule has 2 aromatic heterocycles. The van der Waals surface area contributed by atoms with Gasteiger partial charge in [0.2, 0.25) is 0 Å². The van der Waals surface area contributed by atoms with Crippen molar-refractivity contribution in [1.82, 2.24) is 19.6 Å². The first-order valence-corrected chi connectivity index (χ1v) is 33.3. The maximum Gasteiger partial charge on any atom is 0.273 e. The number of aliphatic hydroxyl groups excluding tert-OH is 2. The number of nitro groups is 2. The van der Waals surface area contributed by atoms with E-state index in [-0.39, 0.29) is 61.0 Å². The average molecular weight is 1500 g/mol. The first-order chi connectivity index (χ1) is 43.6. The zero-order chi connectivity index (χ0) is 67.3. The molecule has 0 fully saturated rings. The van der Waals surface area contributed by atoms with Gasteiger partial charge in [0.05, 0.1) is 75.0 Å². The van der Waals surface area contributed by atoms with Crippen molar-refractivity contribution in [2.24, 2.45) is 0 Å². The second kappa shape index (κ2) is 47.8. The molecule has 0 amide bonds. The number of likely N-dealkylation sites (N-methyl/N-ethyl adjacent to an activating group) is 3. The summed E-state index contributed by atoms with van der Waals surface area (Å²) in [4.78, 5) is 37.9. The van der Waals surface area contributed by atoms with E-state index in [4.69, 9.17) is 57.3 Å². The number of ether oxygens (including phenoxy) is 4. The normalized spacial score (nSPS) is 12.6. The minimum absolute atomic E-state index is 0. The molecule has 4 aliphatic rings. The zero-order valence-electron chi connectivity index (χ0n) is 55.5. The number of nitrogen functional groups attached to an aromatic ring is 1. The number of halogens is 3. The number of anilines is 5. The number of nitrogens with zero attached hydrogens (tertiary/aromatic N) is 9. The molecule has 0 aliphatic carbocycles. The van der Waals surface area contributed by atoms with Crippen LogP contribution < -0.4 is 44.7 Å². The zero-order valence-corrected chi connectivity index (χ0v) is 61.9. The molecule has 0 saturated carbocycles. The lowest BCUT2D eigenvalue weighted by Gasteiger charge is -2.32. The molecule has 0 unspecified atom stereocenters. The van der Waals surface area contributed by atoms with Crippen molar-refractivity contribution in [3.05, 3.63) is 143 Å². The maximum absolute atomic E-state index is 10.7. The predicted octanol–water partition coefficient (Wildman–Crippen LogP) is 11.2. The van der Waals surface area contributed by atoms with Crippen LogP contribution in [0.4, 0.5) is 39.8 Å². The van der Waals surface area contributed by atoms with Crippen LogP contribution in [0.3, 0.4) is 0 Å². The van der Waals surface area contributed by atoms with Crippen molar-refractivity contribution < 1.29 is 39.0 Å². The Morgan fingerprint density at radius 1 is 0.624 bits per heavy atom. The molecule has 4 aliphatic heterocycles. The molecule has 518 valence electrons. The summed E-state index contributed by atoms with van der Waals surface area (Å²) in [6, 6.07) is 29.5. The largest absolute Gasteiger partial charge is 0.490 e. The van der Waals surface area contributed by atoms with Gasteiger partial charge in [-0.3, -0.25) is 25.6 Å². The van der Waals surface area contributed by atoms with Gasteiger partial charge in [-0.05, 0) is 141 Å². The highest BCUT2D eigenvalue weighted by Gasteiger charge is 2.23. The second-order valence-corrected chi connectivity index (χ2v) is 24.4. The summed E-state index contributed by atoms with van der Waals surface area (Å²) in [5.41, 5.74) is 12.5. The Morgan fingerprint density at radius 3 is 1.45 bits per heavy atom. The first kappa shape index (κ1) is 85.1. The molecule has 0 radical (unpaired) electrons. The third kappa shape index (κ3) is 32.4. The summed E-state index contributed by atoms with van der Waals surface area (Å²) in [6.07, 6.45) is 2.57. The molecular formula is C64H98Cl2IN13O10S3. The van der Waals surface area contributed by atoms with Crippen LogP contribution in [-0.2, 0) is 6.42 Å². The van der Waals surface area contributed by atoms with Gasteiger partial charge in [-0.25, -0.2) is 0 Å². The van der Waals surface area contributed by atoms with Crippen molar-refractivity contribution in [1.29, 1.82) is 10.8 Å². The van der Waals surface area contributed by atoms with Crippen LogP contribution >= 0.6 is 82.4 Å². The standard InChI is InChI=1S/C18H23N3OS.C12H17N3O3.C12H19N3O.C8H8N2O3.C6H7NS2.C4H10ClN.2C2H6O.ClH.HI/c1-20(2)7-8-21-9-10-22-17-13-14(5-6-16(17)21)12-15(19)18-4-3-11-23-18;1-13(2)5-6-14-7-8-18-12-9-10(15(16)17)3-4-11(12)14;1-14(2)5-6-15-7-8-16-12-9-10(13)3-4-11(12)15;11-10(12)6-1-2-7-8(5-6)13-4-3-9-7;1-8-6(7)5-3-2-4-9-5;1-6(2)4-3-5;2*1-2-3;;/h3-6,11,13,19H,7-10,12H2,1-2H3;3-4,9H,5-8H2,1-2H3;3-4,9H,5-8,13H2,1-2H3;1-2,5,9H,3-4H2;2-4,7H,1H3;3-4H2,1-2H3;2*3H,2H2,1H3;2*1H. The fourth-order valence-corrected chi connectivity index (χ4v) is 10.7. The Hall–Kier alpha value is -5.96. The van der Waals surface area contributed by atoms with Gasteiger partial charge >= 0.3 is 0 Å². The third-order valence-electron chi connectivity index (χ3n) is 13.0. The number of nitro benzene ring substituents is 2. The van der Waals surface area contributed by atoms with Gasteiger partial charge in [0, 0.05) is 107 Å². The highest BCUT2D eigenvalue weighted by Crippen LogP contribution is 2.36. The van der Waals surface area contributed by atoms with E-state index in [2.05, 4.69) is 81.1 Å². The van der Waals surface area contributed by atoms with E-state index in [1.807, 2.05) is 92.6 Å². The highest BCUT2D eigenvalue weighted by atomic mass is 127. The Balaban J connectivity index is 0.000000565. The topological polar surface area (TPSA) is 272 Å². The van der Waals surface area contributed by atoms with Crippen LogP contribution in [-0.4, -0.2) is 231 Å². The molecule has 4 aromatic carbocycles. The number of fused-ring (bicyclic) bond motifs is 4. The van der Waals surface area contributed by atoms with Gasteiger partial charge in [-0.15, -0.1) is 82.4 Å². The Morgan fingerprint density at radius 2 is 1.03 bits per heavy atom. The Bertz CT molecular complexity index is 3070. The van der Waals surface area contributed by atoms with Crippen molar-refractivity contribution in [3.63, 3.8) is 0 Å². The highest BCUT2D eigenvalue weighted by molar-refractivity contribution is 14.0. The monoisotopic (exact) mass is 1500 g/mol. The van der Waals surface area contributed by atoms with E-state index in [9.17, 15) is 20.2 Å². The van der Waals surface area contributed by atoms with E-state index < -0.39 is 9.85 Å². The van der Waals surface area contributed by atoms with E-state index in [0.717, 1.165) is 141 Å². The molecule has 29 heteroatoms. The quantitative estimate of drug-likeness (QED) is 0.00942. The summed E-state index contributed by atoms with van der Waals surface area (Å²) >= 11 is 10.1. The molecule has 0 atom stereocenters. The van der Waals surface area contributed by atoms with E-state index in [1.165, 1.54) is 41.7 Å². The summed E-state index contributed by atoms with van der Waals surface area (Å²) in [5, 5.41) is 59.6. The molecule has 10 rings (SSSR count). The van der Waals surface area contributed by atoms with Gasteiger partial charge in [-0.2, -0.15) is 0 Å². The van der Waals surface area contributed by atoms with Crippen molar-refractivity contribution in [2.45, 2.75) is 20.3 Å². The average Bonchev–Trinajstić information content (AvgIpc) is 1.58. The van der Waals surface area contributed by atoms with E-state index in [0.29, 0.717) is 41.9 Å². The number of aliphatic hydroxyl groups is 2. The number of nitrogens with one attached hydrogen (secondary N) is 3. The van der Waals surface area contributed by atoms with E-state index in [1.54, 1.807) is 48.7 Å². The Labute approximate surface area is 590 Å². The SMILES string of the molecule is CCO.CCO.CN(C)CCCl.CN(C)CCN1CCOc2cc(CC(=N)c3cccs3)ccc21.CN(C)CCN1CCOc2cc(N)ccc21.CN(C)CCN1CCOc2cc([N+](=O)[O-])ccc21.CSC(=N)c1cccs1.Cl.I.O=[N+]([O-])c1ccc2c(c1)OCCN2. The number of benzene rings is 4. The van der Waals surface area contributed by atoms with Gasteiger partial charge in [-0.1, -0.05) is 18.2 Å². The number of hydrogen-bond donors (Lipinski definition) is 6. The fraction of sp³-hybridized carbons (Fsp3) is 0.469. The Kier molecular flexibility index (Phi) is 43.8. The molecule has 7 N–H and O–H groups in total. The van der Waals surface area contributed by atoms with Crippen LogP contribution in [0, 0.1) is 31.0 Å². The maximum atomic E-state index is 10.7. The van der Waals surface area contributed by atoms with Crippen LogP contribution in [0.15, 0.2) is 108 Å². The molecule has 0 saturated heterocycles. The second-order valence-electron chi connectivity index (χ2n) is 21.3. The van der Waals surface area contributed by atoms with Crippen LogP contribution in [0.1, 0.15) is 29.2 Å². The molecule has 0 bridgehead atoms. The summed E-state index contributed by atoms with van der Waals surface area (Å²) in [6.45, 7) is 16.8. The summed E-state index contributed by atoms with van der Waals surface area (Å²) in [7, 11) is 16.4.